The molecule has 0 aliphatic heterocycles. The van der Waals surface area contributed by atoms with Gasteiger partial charge in [-0.15, -0.1) is 0 Å². The maximum atomic E-state index is 11.5. The Morgan fingerprint density at radius 1 is 1.35 bits per heavy atom. The monoisotopic (exact) mass is 232 g/mol. The first-order valence-electron chi connectivity index (χ1n) is 6.08. The van der Waals surface area contributed by atoms with Crippen molar-refractivity contribution in [2.45, 2.75) is 26.7 Å². The molecule has 1 rings (SSSR count). The van der Waals surface area contributed by atoms with Crippen molar-refractivity contribution in [3.8, 4) is 0 Å². The third kappa shape index (κ3) is 5.45. The fourth-order valence-electron chi connectivity index (χ4n) is 1.42. The Hall–Kier alpha value is -1.41. The SMILES string of the molecule is CCCCOCC(=O)/C=C/c1ccccc1C. The van der Waals surface area contributed by atoms with Crippen molar-refractivity contribution in [1.82, 2.24) is 0 Å². The molecule has 0 amide bonds. The lowest BCUT2D eigenvalue weighted by Crippen LogP contribution is -2.06. The lowest BCUT2D eigenvalue weighted by Gasteiger charge is -2.00. The van der Waals surface area contributed by atoms with E-state index in [1.807, 2.05) is 37.3 Å². The Morgan fingerprint density at radius 2 is 2.12 bits per heavy atom. The number of carbonyl (C=O) groups is 1. The zero-order valence-electron chi connectivity index (χ0n) is 10.6. The van der Waals surface area contributed by atoms with Crippen LogP contribution in [-0.4, -0.2) is 19.0 Å². The van der Waals surface area contributed by atoms with E-state index in [0.717, 1.165) is 18.4 Å². The molecule has 2 nitrogen and oxygen atoms in total. The van der Waals surface area contributed by atoms with Gasteiger partial charge in [-0.2, -0.15) is 0 Å². The molecule has 0 bridgehead atoms. The number of hydrogen-bond acceptors (Lipinski definition) is 2. The van der Waals surface area contributed by atoms with Crippen LogP contribution in [0.25, 0.3) is 6.08 Å². The van der Waals surface area contributed by atoms with Crippen molar-refractivity contribution < 1.29 is 9.53 Å². The largest absolute Gasteiger partial charge is 0.373 e. The molecule has 0 aliphatic carbocycles. The second kappa shape index (κ2) is 7.80. The van der Waals surface area contributed by atoms with E-state index in [1.165, 1.54) is 5.56 Å². The fourth-order valence-corrected chi connectivity index (χ4v) is 1.42. The van der Waals surface area contributed by atoms with Crippen LogP contribution in [0.1, 0.15) is 30.9 Å². The van der Waals surface area contributed by atoms with Gasteiger partial charge in [0.05, 0.1) is 0 Å². The number of rotatable bonds is 7. The summed E-state index contributed by atoms with van der Waals surface area (Å²) in [7, 11) is 0. The molecule has 1 aromatic carbocycles. The number of carbonyl (C=O) groups excluding carboxylic acids is 1. The van der Waals surface area contributed by atoms with E-state index in [4.69, 9.17) is 4.74 Å². The average Bonchev–Trinajstić information content (AvgIpc) is 2.34. The zero-order valence-corrected chi connectivity index (χ0v) is 10.6. The predicted molar refractivity (Wildman–Crippen MR) is 70.9 cm³/mol. The van der Waals surface area contributed by atoms with Gasteiger partial charge >= 0.3 is 0 Å². The quantitative estimate of drug-likeness (QED) is 0.532. The highest BCUT2D eigenvalue weighted by atomic mass is 16.5. The third-order valence-electron chi connectivity index (χ3n) is 2.52. The number of benzene rings is 1. The number of unbranched alkanes of at least 4 members (excludes halogenated alkanes) is 1. The zero-order chi connectivity index (χ0) is 12.5. The Kier molecular flexibility index (Phi) is 6.26. The van der Waals surface area contributed by atoms with E-state index in [0.29, 0.717) is 6.61 Å². The van der Waals surface area contributed by atoms with Gasteiger partial charge in [-0.25, -0.2) is 0 Å². The summed E-state index contributed by atoms with van der Waals surface area (Å²) in [5, 5.41) is 0. The van der Waals surface area contributed by atoms with Crippen molar-refractivity contribution in [3.05, 3.63) is 41.5 Å². The van der Waals surface area contributed by atoms with Crippen molar-refractivity contribution in [2.24, 2.45) is 0 Å². The van der Waals surface area contributed by atoms with Gasteiger partial charge in [0.2, 0.25) is 0 Å². The van der Waals surface area contributed by atoms with Crippen LogP contribution < -0.4 is 0 Å². The minimum absolute atomic E-state index is 0.0179. The molecule has 1 aromatic rings. The van der Waals surface area contributed by atoms with E-state index in [-0.39, 0.29) is 12.4 Å². The maximum absolute atomic E-state index is 11.5. The highest BCUT2D eigenvalue weighted by Gasteiger charge is 1.97. The van der Waals surface area contributed by atoms with Gasteiger partial charge in [0.25, 0.3) is 0 Å². The number of ketones is 1. The topological polar surface area (TPSA) is 26.3 Å². The van der Waals surface area contributed by atoms with E-state index < -0.39 is 0 Å². The molecule has 0 aromatic heterocycles. The molecule has 0 unspecified atom stereocenters. The molecule has 92 valence electrons. The summed E-state index contributed by atoms with van der Waals surface area (Å²) in [4.78, 5) is 11.5. The minimum atomic E-state index is 0.0179. The highest BCUT2D eigenvalue weighted by molar-refractivity contribution is 5.94. The van der Waals surface area contributed by atoms with Gasteiger partial charge in [-0.3, -0.25) is 4.79 Å². The van der Waals surface area contributed by atoms with Crippen LogP contribution in [0.2, 0.25) is 0 Å². The van der Waals surface area contributed by atoms with Gasteiger partial charge in [0, 0.05) is 6.61 Å². The summed E-state index contributed by atoms with van der Waals surface area (Å²) in [6.45, 7) is 4.98. The van der Waals surface area contributed by atoms with Crippen molar-refractivity contribution in [1.29, 1.82) is 0 Å². The van der Waals surface area contributed by atoms with Gasteiger partial charge < -0.3 is 4.74 Å². The summed E-state index contributed by atoms with van der Waals surface area (Å²) in [6.07, 6.45) is 5.54. The first-order valence-corrected chi connectivity index (χ1v) is 6.08. The molecule has 0 saturated carbocycles. The van der Waals surface area contributed by atoms with Crippen LogP contribution in [-0.2, 0) is 9.53 Å². The average molecular weight is 232 g/mol. The van der Waals surface area contributed by atoms with Crippen molar-refractivity contribution in [3.63, 3.8) is 0 Å². The van der Waals surface area contributed by atoms with Crippen molar-refractivity contribution in [2.75, 3.05) is 13.2 Å². The number of hydrogen-bond donors (Lipinski definition) is 0. The van der Waals surface area contributed by atoms with Gasteiger partial charge in [0.1, 0.15) is 6.61 Å². The summed E-state index contributed by atoms with van der Waals surface area (Å²) < 4.78 is 5.25. The lowest BCUT2D eigenvalue weighted by molar-refractivity contribution is -0.118. The molecule has 0 N–H and O–H groups in total. The molecule has 0 radical (unpaired) electrons. The molecule has 2 heteroatoms. The molecule has 0 heterocycles. The van der Waals surface area contributed by atoms with E-state index in [2.05, 4.69) is 6.92 Å². The smallest absolute Gasteiger partial charge is 0.181 e. The number of ether oxygens (including phenoxy) is 1. The first-order chi connectivity index (χ1) is 8.24. The molecule has 0 fully saturated rings. The third-order valence-corrected chi connectivity index (χ3v) is 2.52. The molecular weight excluding hydrogens is 212 g/mol. The van der Waals surface area contributed by atoms with E-state index in [9.17, 15) is 4.79 Å². The van der Waals surface area contributed by atoms with Crippen LogP contribution in [0.15, 0.2) is 30.3 Å². The van der Waals surface area contributed by atoms with Gasteiger partial charge in [0.15, 0.2) is 5.78 Å². The lowest BCUT2D eigenvalue weighted by atomic mass is 10.1. The second-order valence-corrected chi connectivity index (χ2v) is 4.06. The van der Waals surface area contributed by atoms with Crippen LogP contribution in [0, 0.1) is 6.92 Å². The highest BCUT2D eigenvalue weighted by Crippen LogP contribution is 2.08. The van der Waals surface area contributed by atoms with Crippen molar-refractivity contribution >= 4 is 11.9 Å². The minimum Gasteiger partial charge on any atom is -0.373 e. The van der Waals surface area contributed by atoms with Crippen LogP contribution in [0.4, 0.5) is 0 Å². The van der Waals surface area contributed by atoms with Crippen LogP contribution >= 0.6 is 0 Å². The standard InChI is InChI=1S/C15H20O2/c1-3-4-11-17-12-15(16)10-9-14-8-6-5-7-13(14)2/h5-10H,3-4,11-12H2,1-2H3/b10-9+. The van der Waals surface area contributed by atoms with Crippen LogP contribution in [0.3, 0.4) is 0 Å². The maximum Gasteiger partial charge on any atom is 0.181 e. The van der Waals surface area contributed by atoms with Gasteiger partial charge in [-0.05, 0) is 30.5 Å². The molecule has 17 heavy (non-hydrogen) atoms. The molecule has 0 atom stereocenters. The Balaban J connectivity index is 2.38. The summed E-state index contributed by atoms with van der Waals surface area (Å²) in [6, 6.07) is 7.98. The molecule has 0 spiro atoms. The van der Waals surface area contributed by atoms with Crippen LogP contribution in [0.5, 0.6) is 0 Å². The predicted octanol–water partition coefficient (Wildman–Crippen LogP) is 3.39. The molecular formula is C15H20O2. The normalized spacial score (nSPS) is 10.9. The molecule has 0 aliphatic rings. The summed E-state index contributed by atoms with van der Waals surface area (Å²) >= 11 is 0. The Labute approximate surface area is 103 Å². The Bertz CT molecular complexity index is 380. The van der Waals surface area contributed by atoms with E-state index >= 15 is 0 Å². The fraction of sp³-hybridized carbons (Fsp3) is 0.400. The summed E-state index contributed by atoms with van der Waals surface area (Å²) in [5.74, 6) is 0.0179. The first kappa shape index (κ1) is 13.7. The number of aryl methyl sites for hydroxylation is 1. The second-order valence-electron chi connectivity index (χ2n) is 4.06. The Morgan fingerprint density at radius 3 is 2.82 bits per heavy atom. The van der Waals surface area contributed by atoms with E-state index in [1.54, 1.807) is 6.08 Å². The summed E-state index contributed by atoms with van der Waals surface area (Å²) in [5.41, 5.74) is 2.25. The molecule has 0 saturated heterocycles. The van der Waals surface area contributed by atoms with Gasteiger partial charge in [-0.1, -0.05) is 43.7 Å².